The van der Waals surface area contributed by atoms with E-state index in [1.54, 1.807) is 6.08 Å². The first kappa shape index (κ1) is 44.4. The fourth-order valence-corrected chi connectivity index (χ4v) is 8.40. The van der Waals surface area contributed by atoms with Gasteiger partial charge in [-0.2, -0.15) is 0 Å². The second-order valence-electron chi connectivity index (χ2n) is 19.0. The zero-order chi connectivity index (χ0) is 40.4. The summed E-state index contributed by atoms with van der Waals surface area (Å²) >= 11 is 0. The van der Waals surface area contributed by atoms with Gasteiger partial charge in [0.15, 0.2) is 0 Å². The van der Waals surface area contributed by atoms with Gasteiger partial charge in [0.1, 0.15) is 40.5 Å². The average Bonchev–Trinajstić information content (AvgIpc) is 3.03. The van der Waals surface area contributed by atoms with Gasteiger partial charge in [-0.3, -0.25) is 0 Å². The smallest absolute Gasteiger partial charge is 0.327 e. The molecule has 9 heteroatoms. The molecule has 2 unspecified atom stereocenters. The highest BCUT2D eigenvalue weighted by Crippen LogP contribution is 2.46. The number of aliphatic carboxylic acids is 1. The summed E-state index contributed by atoms with van der Waals surface area (Å²) in [5.74, 6) is 3.10. The lowest BCUT2D eigenvalue weighted by molar-refractivity contribution is -0.131. The molecule has 1 N–H and O–H groups in total. The van der Waals surface area contributed by atoms with Gasteiger partial charge < -0.3 is 28.2 Å². The first-order valence-corrected chi connectivity index (χ1v) is 25.3. The van der Waals surface area contributed by atoms with Crippen molar-refractivity contribution in [1.29, 1.82) is 0 Å². The van der Waals surface area contributed by atoms with Gasteiger partial charge in [0.2, 0.25) is 16.6 Å². The van der Waals surface area contributed by atoms with E-state index in [2.05, 4.69) is 121 Å². The summed E-state index contributed by atoms with van der Waals surface area (Å²) in [6, 6.07) is 4.37. The molecule has 0 aliphatic carbocycles. The third-order valence-corrected chi connectivity index (χ3v) is 21.2. The number of hydrogen-bond donors (Lipinski definition) is 1. The Morgan fingerprint density at radius 1 is 0.736 bits per heavy atom. The van der Waals surface area contributed by atoms with E-state index in [0.29, 0.717) is 12.8 Å². The monoisotopic (exact) mass is 766 g/mol. The molecule has 0 radical (unpaired) electrons. The highest BCUT2D eigenvalue weighted by atomic mass is 28.4. The Balaban J connectivity index is 0.000000287. The zero-order valence-corrected chi connectivity index (χ0v) is 37.9. The molecule has 0 aromatic heterocycles. The Kier molecular flexibility index (Phi) is 13.7. The molecule has 2 aliphatic rings. The molecule has 7 nitrogen and oxygen atoms in total. The lowest BCUT2D eigenvalue weighted by Crippen LogP contribution is -2.44. The Labute approximate surface area is 323 Å². The number of allylic oxidation sites excluding steroid dienone is 1. The quantitative estimate of drug-likeness (QED) is 0.138. The van der Waals surface area contributed by atoms with Crippen molar-refractivity contribution in [3.8, 4) is 23.0 Å². The molecule has 0 bridgehead atoms. The van der Waals surface area contributed by atoms with Crippen molar-refractivity contribution in [2.45, 2.75) is 182 Å². The number of aryl methyl sites for hydroxylation is 2. The van der Waals surface area contributed by atoms with E-state index in [0.717, 1.165) is 78.9 Å². The predicted octanol–water partition coefficient (Wildman–Crippen LogP) is 11.9. The van der Waals surface area contributed by atoms with Crippen LogP contribution in [0.2, 0.25) is 36.3 Å². The third kappa shape index (κ3) is 10.8. The Bertz CT molecular complexity index is 1680. The number of benzene rings is 2. The number of ether oxygens (including phenoxy) is 2. The second-order valence-corrected chi connectivity index (χ2v) is 28.5. The first-order chi connectivity index (χ1) is 24.2. The van der Waals surface area contributed by atoms with E-state index >= 15 is 0 Å². The fraction of sp³-hybridized carbons (Fsp3) is 0.636. The van der Waals surface area contributed by atoms with Crippen LogP contribution >= 0.6 is 0 Å². The van der Waals surface area contributed by atoms with Crippen molar-refractivity contribution in [3.05, 3.63) is 57.7 Å². The molecule has 2 heterocycles. The number of fused-ring (bicyclic) bond motifs is 2. The number of carbonyl (C=O) groups excluding carboxylic acids is 1. The van der Waals surface area contributed by atoms with Crippen LogP contribution in [0.1, 0.15) is 127 Å². The molecule has 53 heavy (non-hydrogen) atoms. The van der Waals surface area contributed by atoms with Crippen molar-refractivity contribution in [2.24, 2.45) is 0 Å². The van der Waals surface area contributed by atoms with Crippen LogP contribution in [0.4, 0.5) is 0 Å². The molecule has 0 fully saturated rings. The first-order valence-electron chi connectivity index (χ1n) is 19.5. The number of carboxylic acids is 1. The number of hydrogen-bond acceptors (Lipinski definition) is 6. The summed E-state index contributed by atoms with van der Waals surface area (Å²) in [4.78, 5) is 21.4. The van der Waals surface area contributed by atoms with Crippen LogP contribution in [0.5, 0.6) is 23.0 Å². The minimum atomic E-state index is -1.90. The normalized spacial score (nSPS) is 20.3. The SMILES string of the molecule is Cc1c(O[Si](C)(C)C(C)(C)C)cc2c(c1C)OC(C)(CC/C=C/C(=O)O)CC2.Cc1c(O[Si](C)(C)C(C)(C)C)cc2c(c1C)OC(C)(CCC=O)CC2. The predicted molar refractivity (Wildman–Crippen MR) is 223 cm³/mol. The van der Waals surface area contributed by atoms with Gasteiger partial charge in [-0.05, 0) is 168 Å². The van der Waals surface area contributed by atoms with Crippen molar-refractivity contribution in [2.75, 3.05) is 0 Å². The van der Waals surface area contributed by atoms with E-state index in [4.69, 9.17) is 23.4 Å². The zero-order valence-electron chi connectivity index (χ0n) is 35.9. The van der Waals surface area contributed by atoms with Crippen molar-refractivity contribution in [1.82, 2.24) is 0 Å². The highest BCUT2D eigenvalue weighted by molar-refractivity contribution is 6.75. The largest absolute Gasteiger partial charge is 0.543 e. The van der Waals surface area contributed by atoms with E-state index in [-0.39, 0.29) is 21.3 Å². The molecule has 4 rings (SSSR count). The van der Waals surface area contributed by atoms with E-state index < -0.39 is 22.6 Å². The number of aldehydes is 1. The summed E-state index contributed by atoms with van der Waals surface area (Å²) in [5, 5.41) is 9.07. The number of rotatable bonds is 11. The highest BCUT2D eigenvalue weighted by Gasteiger charge is 2.41. The molecule has 296 valence electrons. The topological polar surface area (TPSA) is 91.3 Å². The lowest BCUT2D eigenvalue weighted by Gasteiger charge is -2.39. The molecule has 2 atom stereocenters. The molecule has 0 saturated heterocycles. The van der Waals surface area contributed by atoms with Gasteiger partial charge in [0, 0.05) is 12.5 Å². The molecule has 2 aromatic carbocycles. The van der Waals surface area contributed by atoms with Crippen LogP contribution in [0.15, 0.2) is 24.3 Å². The number of carboxylic acid groups (broad SMARTS) is 1. The van der Waals surface area contributed by atoms with E-state index in [9.17, 15) is 9.59 Å². The van der Waals surface area contributed by atoms with Crippen molar-refractivity contribution >= 4 is 28.9 Å². The van der Waals surface area contributed by atoms with Crippen LogP contribution in [-0.2, 0) is 22.4 Å². The molecule has 0 amide bonds. The maximum Gasteiger partial charge on any atom is 0.327 e. The van der Waals surface area contributed by atoms with Gasteiger partial charge in [-0.25, -0.2) is 4.79 Å². The van der Waals surface area contributed by atoms with Crippen LogP contribution in [-0.4, -0.2) is 45.2 Å². The lowest BCUT2D eigenvalue weighted by atomic mass is 9.87. The minimum absolute atomic E-state index is 0.155. The standard InChI is InChI=1S/C23H36O4Si.C21H34O3Si/c1-16-17(2)21-18(15-19(16)27-28(7,8)22(3,4)5)12-14-23(6,26-21)13-10-9-11-20(24)25;1-15-16(2)19-17(10-12-21(6,23-19)11-9-13-22)14-18(15)24-25(7,8)20(3,4)5/h9,11,15H,10,12-14H2,1-8H3,(H,24,25);13-14H,9-12H2,1-8H3/b11-9+;. The average molecular weight is 767 g/mol. The molecular formula is C44H70O7Si2. The van der Waals surface area contributed by atoms with E-state index in [1.165, 1.54) is 28.3 Å². The van der Waals surface area contributed by atoms with Gasteiger partial charge in [0.25, 0.3) is 0 Å². The van der Waals surface area contributed by atoms with Gasteiger partial charge >= 0.3 is 5.97 Å². The molecule has 2 aliphatic heterocycles. The third-order valence-electron chi connectivity index (χ3n) is 12.5. The summed E-state index contributed by atoms with van der Waals surface area (Å²) in [6.45, 7) is 35.4. The summed E-state index contributed by atoms with van der Waals surface area (Å²) in [6.07, 6.45) is 10.5. The summed E-state index contributed by atoms with van der Waals surface area (Å²) in [5.41, 5.74) is 6.58. The Morgan fingerprint density at radius 2 is 1.11 bits per heavy atom. The van der Waals surface area contributed by atoms with Crippen molar-refractivity contribution < 1.29 is 33.0 Å². The summed E-state index contributed by atoms with van der Waals surface area (Å²) < 4.78 is 26.1. The van der Waals surface area contributed by atoms with Gasteiger partial charge in [0.05, 0.1) is 0 Å². The molecule has 2 aromatic rings. The minimum Gasteiger partial charge on any atom is -0.543 e. The maximum atomic E-state index is 10.7. The fourth-order valence-electron chi connectivity index (χ4n) is 6.26. The maximum absolute atomic E-state index is 10.7. The van der Waals surface area contributed by atoms with Crippen LogP contribution in [0, 0.1) is 27.7 Å². The molecular weight excluding hydrogens is 697 g/mol. The van der Waals surface area contributed by atoms with Crippen LogP contribution in [0.3, 0.4) is 0 Å². The summed E-state index contributed by atoms with van der Waals surface area (Å²) in [7, 11) is -3.77. The van der Waals surface area contributed by atoms with E-state index in [1.807, 2.05) is 0 Å². The Hall–Kier alpha value is -3.05. The van der Waals surface area contributed by atoms with Gasteiger partial charge in [-0.15, -0.1) is 0 Å². The Morgan fingerprint density at radius 3 is 1.45 bits per heavy atom. The number of carbonyl (C=O) groups is 2. The molecule has 0 spiro atoms. The van der Waals surface area contributed by atoms with Crippen LogP contribution < -0.4 is 18.3 Å². The molecule has 0 saturated carbocycles. The van der Waals surface area contributed by atoms with Gasteiger partial charge in [-0.1, -0.05) is 47.6 Å². The van der Waals surface area contributed by atoms with Crippen LogP contribution in [0.25, 0.3) is 0 Å². The van der Waals surface area contributed by atoms with Crippen molar-refractivity contribution in [3.63, 3.8) is 0 Å². The second kappa shape index (κ2) is 16.4.